The van der Waals surface area contributed by atoms with Crippen LogP contribution in [0.25, 0.3) is 27.8 Å². The number of fused-ring (bicyclic) bond motifs is 2. The lowest BCUT2D eigenvalue weighted by molar-refractivity contribution is -0.117. The summed E-state index contributed by atoms with van der Waals surface area (Å²) in [5.41, 5.74) is 1.46. The first kappa shape index (κ1) is 18.3. The molecule has 4 heterocycles. The summed E-state index contributed by atoms with van der Waals surface area (Å²) in [4.78, 5) is 25.8. The summed E-state index contributed by atoms with van der Waals surface area (Å²) in [5.74, 6) is 2.59. The fourth-order valence-corrected chi connectivity index (χ4v) is 3.36. The Kier molecular flexibility index (Phi) is 4.42. The van der Waals surface area contributed by atoms with Gasteiger partial charge in [-0.3, -0.25) is 4.79 Å². The van der Waals surface area contributed by atoms with Gasteiger partial charge >= 0.3 is 0 Å². The number of amides is 1. The van der Waals surface area contributed by atoms with E-state index >= 15 is 0 Å². The molecule has 0 aromatic carbocycles. The predicted octanol–water partition coefficient (Wildman–Crippen LogP) is 3.13. The van der Waals surface area contributed by atoms with E-state index in [2.05, 4.69) is 30.7 Å². The van der Waals surface area contributed by atoms with Crippen LogP contribution in [0.3, 0.4) is 0 Å². The second-order valence-electron chi connectivity index (χ2n) is 7.24. The van der Waals surface area contributed by atoms with Crippen molar-refractivity contribution in [2.45, 2.75) is 19.8 Å². The third-order valence-corrected chi connectivity index (χ3v) is 5.10. The summed E-state index contributed by atoms with van der Waals surface area (Å²) in [6.45, 7) is 2.74. The molecule has 1 fully saturated rings. The summed E-state index contributed by atoms with van der Waals surface area (Å²) in [6, 6.07) is 5.55. The summed E-state index contributed by atoms with van der Waals surface area (Å²) in [5, 5.41) is 12.5. The lowest BCUT2D eigenvalue weighted by Gasteiger charge is -2.11. The number of hydrogen-bond donors (Lipinski definition) is 2. The standard InChI is InChI=1S/C21H21N7O2/c1-3-22-19-15-9-23-17(25-21(29)12-4-5-12)8-14(15)16(10-24-19)20-26-18-7-6-13(30-2)11-28(18)27-20/h6-12H,3-5H2,1-2H3,(H,22,24)(H,23,25,29). The van der Waals surface area contributed by atoms with Crippen LogP contribution < -0.4 is 15.4 Å². The first-order valence-electron chi connectivity index (χ1n) is 9.90. The van der Waals surface area contributed by atoms with Gasteiger partial charge in [-0.05, 0) is 38.0 Å². The van der Waals surface area contributed by atoms with Gasteiger partial charge in [0.2, 0.25) is 5.91 Å². The SMILES string of the molecule is CCNc1ncc(-c2nc3ccc(OC)cn3n2)c2cc(NC(=O)C3CC3)ncc12. The van der Waals surface area contributed by atoms with Gasteiger partial charge in [0.1, 0.15) is 17.4 Å². The number of nitrogens with one attached hydrogen (secondary N) is 2. The van der Waals surface area contributed by atoms with Crippen LogP contribution in [0.1, 0.15) is 19.8 Å². The highest BCUT2D eigenvalue weighted by Gasteiger charge is 2.30. The van der Waals surface area contributed by atoms with E-state index in [9.17, 15) is 4.79 Å². The molecule has 1 aliphatic rings. The van der Waals surface area contributed by atoms with Crippen LogP contribution in [0.2, 0.25) is 0 Å². The number of pyridine rings is 3. The molecular weight excluding hydrogens is 382 g/mol. The summed E-state index contributed by atoms with van der Waals surface area (Å²) in [6.07, 6.45) is 7.13. The van der Waals surface area contributed by atoms with Gasteiger partial charge in [-0.15, -0.1) is 5.10 Å². The average Bonchev–Trinajstić information content (AvgIpc) is 3.53. The molecule has 30 heavy (non-hydrogen) atoms. The van der Waals surface area contributed by atoms with Crippen molar-refractivity contribution >= 4 is 34.0 Å². The van der Waals surface area contributed by atoms with E-state index in [-0.39, 0.29) is 11.8 Å². The molecule has 1 saturated carbocycles. The number of carbonyl (C=O) groups is 1. The van der Waals surface area contributed by atoms with Crippen molar-refractivity contribution in [3.8, 4) is 17.1 Å². The zero-order valence-electron chi connectivity index (χ0n) is 16.7. The highest BCUT2D eigenvalue weighted by atomic mass is 16.5. The molecule has 1 aliphatic carbocycles. The second kappa shape index (κ2) is 7.25. The van der Waals surface area contributed by atoms with E-state index in [1.165, 1.54) is 0 Å². The van der Waals surface area contributed by atoms with E-state index in [0.717, 1.165) is 41.5 Å². The molecule has 0 bridgehead atoms. The van der Waals surface area contributed by atoms with Crippen LogP contribution in [0.5, 0.6) is 5.75 Å². The van der Waals surface area contributed by atoms with Crippen molar-refractivity contribution in [3.63, 3.8) is 0 Å². The van der Waals surface area contributed by atoms with E-state index in [1.807, 2.05) is 25.1 Å². The number of ether oxygens (including phenoxy) is 1. The van der Waals surface area contributed by atoms with Crippen LogP contribution in [0.4, 0.5) is 11.6 Å². The van der Waals surface area contributed by atoms with Gasteiger partial charge in [-0.2, -0.15) is 0 Å². The number of anilines is 2. The fraction of sp³-hybridized carbons (Fsp3) is 0.286. The monoisotopic (exact) mass is 403 g/mol. The quantitative estimate of drug-likeness (QED) is 0.509. The number of nitrogens with zero attached hydrogens (tertiary/aromatic N) is 5. The van der Waals surface area contributed by atoms with Gasteiger partial charge < -0.3 is 15.4 Å². The highest BCUT2D eigenvalue weighted by molar-refractivity contribution is 6.03. The maximum absolute atomic E-state index is 12.2. The molecule has 1 amide bonds. The predicted molar refractivity (Wildman–Crippen MR) is 114 cm³/mol. The largest absolute Gasteiger partial charge is 0.495 e. The van der Waals surface area contributed by atoms with Crippen LogP contribution >= 0.6 is 0 Å². The number of carbonyl (C=O) groups excluding carboxylic acids is 1. The average molecular weight is 403 g/mol. The minimum atomic E-state index is 0.0160. The molecule has 0 spiro atoms. The maximum Gasteiger partial charge on any atom is 0.228 e. The van der Waals surface area contributed by atoms with Crippen LogP contribution in [0, 0.1) is 5.92 Å². The third kappa shape index (κ3) is 3.28. The van der Waals surface area contributed by atoms with Crippen LogP contribution in [-0.4, -0.2) is 44.1 Å². The lowest BCUT2D eigenvalue weighted by Crippen LogP contribution is -2.14. The Hall–Kier alpha value is -3.75. The molecule has 0 saturated heterocycles. The summed E-state index contributed by atoms with van der Waals surface area (Å²) in [7, 11) is 1.61. The third-order valence-electron chi connectivity index (χ3n) is 5.10. The van der Waals surface area contributed by atoms with Crippen LogP contribution in [-0.2, 0) is 4.79 Å². The number of hydrogen-bond acceptors (Lipinski definition) is 7. The smallest absolute Gasteiger partial charge is 0.228 e. The summed E-state index contributed by atoms with van der Waals surface area (Å²) >= 11 is 0. The molecule has 2 N–H and O–H groups in total. The van der Waals surface area contributed by atoms with Crippen molar-refractivity contribution < 1.29 is 9.53 Å². The minimum absolute atomic E-state index is 0.0160. The number of methoxy groups -OCH3 is 1. The zero-order valence-corrected chi connectivity index (χ0v) is 16.7. The molecule has 0 aliphatic heterocycles. The number of rotatable bonds is 6. The molecular formula is C21H21N7O2. The molecule has 4 aromatic rings. The van der Waals surface area contributed by atoms with E-state index < -0.39 is 0 Å². The van der Waals surface area contributed by atoms with Gasteiger partial charge in [-0.1, -0.05) is 0 Å². The Balaban J connectivity index is 1.64. The summed E-state index contributed by atoms with van der Waals surface area (Å²) < 4.78 is 6.95. The molecule has 0 atom stereocenters. The van der Waals surface area contributed by atoms with Gasteiger partial charge in [0, 0.05) is 41.2 Å². The Morgan fingerprint density at radius 2 is 2.10 bits per heavy atom. The number of aromatic nitrogens is 5. The Morgan fingerprint density at radius 1 is 1.23 bits per heavy atom. The minimum Gasteiger partial charge on any atom is -0.495 e. The molecule has 152 valence electrons. The van der Waals surface area contributed by atoms with E-state index in [1.54, 1.807) is 30.2 Å². The highest BCUT2D eigenvalue weighted by Crippen LogP contribution is 2.33. The van der Waals surface area contributed by atoms with Gasteiger partial charge in [0.05, 0.1) is 13.3 Å². The molecule has 9 heteroatoms. The molecule has 9 nitrogen and oxygen atoms in total. The molecule has 5 rings (SSSR count). The van der Waals surface area contributed by atoms with Crippen molar-refractivity contribution in [2.75, 3.05) is 24.3 Å². The van der Waals surface area contributed by atoms with Gasteiger partial charge in [-0.25, -0.2) is 19.5 Å². The topological polar surface area (TPSA) is 106 Å². The first-order valence-corrected chi connectivity index (χ1v) is 9.90. The van der Waals surface area contributed by atoms with Crippen molar-refractivity contribution in [3.05, 3.63) is 36.8 Å². The van der Waals surface area contributed by atoms with E-state index in [4.69, 9.17) is 4.74 Å². The zero-order chi connectivity index (χ0) is 20.7. The first-order chi connectivity index (χ1) is 14.7. The molecule has 0 unspecified atom stereocenters. The van der Waals surface area contributed by atoms with Gasteiger partial charge in [0.25, 0.3) is 0 Å². The Morgan fingerprint density at radius 3 is 2.87 bits per heavy atom. The van der Waals surface area contributed by atoms with Crippen molar-refractivity contribution in [2.24, 2.45) is 5.92 Å². The maximum atomic E-state index is 12.2. The fourth-order valence-electron chi connectivity index (χ4n) is 3.36. The normalized spacial score (nSPS) is 13.5. The van der Waals surface area contributed by atoms with Crippen molar-refractivity contribution in [1.82, 2.24) is 24.6 Å². The van der Waals surface area contributed by atoms with Gasteiger partial charge in [0.15, 0.2) is 11.5 Å². The van der Waals surface area contributed by atoms with Crippen molar-refractivity contribution in [1.29, 1.82) is 0 Å². The molecule has 4 aromatic heterocycles. The van der Waals surface area contributed by atoms with E-state index in [0.29, 0.717) is 23.0 Å². The van der Waals surface area contributed by atoms with Crippen LogP contribution in [0.15, 0.2) is 36.8 Å². The molecule has 0 radical (unpaired) electrons. The Bertz CT molecular complexity index is 1260. The second-order valence-corrected chi connectivity index (χ2v) is 7.24. The Labute approximate surface area is 172 Å². The lowest BCUT2D eigenvalue weighted by atomic mass is 10.1.